The van der Waals surface area contributed by atoms with E-state index < -0.39 is 0 Å². The Morgan fingerprint density at radius 1 is 0.465 bits per heavy atom. The summed E-state index contributed by atoms with van der Waals surface area (Å²) in [6.07, 6.45) is 11.3. The van der Waals surface area contributed by atoms with Gasteiger partial charge in [-0.25, -0.2) is 0 Å². The topological polar surface area (TPSA) is 53.5 Å². The number of benzene rings is 3. The third-order valence-electron chi connectivity index (χ3n) is 6.98. The largest absolute Gasteiger partial charge is 3.00 e. The number of aromatic nitrogens is 6. The molecule has 0 unspecified atom stereocenters. The number of imidazole rings is 3. The summed E-state index contributed by atoms with van der Waals surface area (Å²) in [4.78, 5) is 12.9. The smallest absolute Gasteiger partial charge is 0.373 e. The van der Waals surface area contributed by atoms with Gasteiger partial charge in [-0.1, -0.05) is 41.5 Å². The van der Waals surface area contributed by atoms with Gasteiger partial charge in [0.25, 0.3) is 0 Å². The molecule has 0 aliphatic heterocycles. The molecule has 0 atom stereocenters. The average Bonchev–Trinajstić information content (AvgIpc) is 3.67. The van der Waals surface area contributed by atoms with E-state index in [4.69, 9.17) is 0 Å². The van der Waals surface area contributed by atoms with Crippen molar-refractivity contribution in [3.05, 3.63) is 125 Å². The third kappa shape index (κ3) is 8.28. The molecule has 3 aromatic heterocycles. The van der Waals surface area contributed by atoms with Crippen LogP contribution >= 0.6 is 0 Å². The van der Waals surface area contributed by atoms with Crippen LogP contribution in [0.4, 0.5) is 0 Å². The quantitative estimate of drug-likeness (QED) is 0.176. The minimum atomic E-state index is 0. The molecule has 0 amide bonds. The Balaban J connectivity index is 0.000000175. The Kier molecular flexibility index (Phi) is 11.6. The molecular weight excluding hydrogens is 709 g/mol. The van der Waals surface area contributed by atoms with E-state index in [2.05, 4.69) is 92.9 Å². The molecule has 0 saturated heterocycles. The number of hydrogen-bond acceptors (Lipinski definition) is 3. The standard InChI is InChI=1S/3C12H13N2.Ir/c3*1-9-4-5-11(10(2)8-9)12-13-6-7-14(12)3;/h3*4,6-8H,1-3H3;/q3*-1;+3. The Bertz CT molecular complexity index is 1580. The molecule has 0 saturated carbocycles. The van der Waals surface area contributed by atoms with Crippen molar-refractivity contribution in [3.63, 3.8) is 0 Å². The van der Waals surface area contributed by atoms with Gasteiger partial charge < -0.3 is 13.7 Å². The predicted molar refractivity (Wildman–Crippen MR) is 171 cm³/mol. The summed E-state index contributed by atoms with van der Waals surface area (Å²) in [6.45, 7) is 12.5. The Morgan fingerprint density at radius 2 is 0.721 bits per heavy atom. The molecule has 0 aliphatic rings. The van der Waals surface area contributed by atoms with Gasteiger partial charge in [0.15, 0.2) is 0 Å². The zero-order valence-corrected chi connectivity index (χ0v) is 28.8. The fourth-order valence-corrected chi connectivity index (χ4v) is 4.81. The van der Waals surface area contributed by atoms with Crippen LogP contribution in [0.3, 0.4) is 0 Å². The average molecular weight is 748 g/mol. The van der Waals surface area contributed by atoms with Crippen LogP contribution in [0, 0.1) is 59.7 Å². The molecule has 6 nitrogen and oxygen atoms in total. The second-order valence-corrected chi connectivity index (χ2v) is 10.8. The minimum Gasteiger partial charge on any atom is -0.373 e. The van der Waals surface area contributed by atoms with E-state index in [9.17, 15) is 0 Å². The number of nitrogens with zero attached hydrogens (tertiary/aromatic N) is 6. The summed E-state index contributed by atoms with van der Waals surface area (Å²) in [6, 6.07) is 22.2. The molecule has 0 aliphatic carbocycles. The molecular formula is C36H39IrN6. The van der Waals surface area contributed by atoms with Crippen LogP contribution in [0.1, 0.15) is 33.4 Å². The van der Waals surface area contributed by atoms with E-state index in [0.29, 0.717) is 0 Å². The van der Waals surface area contributed by atoms with Gasteiger partial charge in [-0.05, 0) is 0 Å². The molecule has 7 heteroatoms. The monoisotopic (exact) mass is 748 g/mol. The van der Waals surface area contributed by atoms with Crippen molar-refractivity contribution < 1.29 is 20.1 Å². The molecule has 222 valence electrons. The van der Waals surface area contributed by atoms with Gasteiger partial charge in [0.1, 0.15) is 0 Å². The maximum absolute atomic E-state index is 4.31. The SMILES string of the molecule is Cc1c[c-]c(-c2nccn2C)c(C)c1.Cc1c[c-]c(-c2nccn2C)c(C)c1.Cc1c[c-]c(-c2nccn2C)c(C)c1.[Ir+3]. The third-order valence-corrected chi connectivity index (χ3v) is 6.98. The first-order valence-corrected chi connectivity index (χ1v) is 13.9. The molecule has 6 aromatic rings. The first-order valence-electron chi connectivity index (χ1n) is 13.9. The van der Waals surface area contributed by atoms with Crippen molar-refractivity contribution in [1.29, 1.82) is 0 Å². The number of rotatable bonds is 3. The van der Waals surface area contributed by atoms with Crippen molar-refractivity contribution in [2.45, 2.75) is 41.5 Å². The second-order valence-electron chi connectivity index (χ2n) is 10.8. The first-order chi connectivity index (χ1) is 20.0. The summed E-state index contributed by atoms with van der Waals surface area (Å²) >= 11 is 0. The van der Waals surface area contributed by atoms with Gasteiger partial charge in [-0.15, -0.1) is 105 Å². The molecule has 3 aromatic carbocycles. The normalized spacial score (nSPS) is 10.3. The molecule has 0 N–H and O–H groups in total. The summed E-state index contributed by atoms with van der Waals surface area (Å²) in [5.41, 5.74) is 10.6. The molecule has 43 heavy (non-hydrogen) atoms. The molecule has 0 fully saturated rings. The van der Waals surface area contributed by atoms with Gasteiger partial charge >= 0.3 is 20.1 Å². The summed E-state index contributed by atoms with van der Waals surface area (Å²) in [7, 11) is 5.99. The maximum atomic E-state index is 4.31. The zero-order chi connectivity index (χ0) is 30.4. The van der Waals surface area contributed by atoms with Crippen LogP contribution in [0.15, 0.2) is 73.6 Å². The molecule has 0 radical (unpaired) electrons. The van der Waals surface area contributed by atoms with Crippen molar-refractivity contribution in [1.82, 2.24) is 28.7 Å². The predicted octanol–water partition coefficient (Wildman–Crippen LogP) is 7.51. The van der Waals surface area contributed by atoms with Crippen molar-refractivity contribution in [2.75, 3.05) is 0 Å². The van der Waals surface area contributed by atoms with Crippen LogP contribution in [-0.2, 0) is 41.2 Å². The van der Waals surface area contributed by atoms with Crippen molar-refractivity contribution in [2.24, 2.45) is 21.1 Å². The van der Waals surface area contributed by atoms with E-state index in [1.54, 1.807) is 0 Å². The molecule has 6 rings (SSSR count). The van der Waals surface area contributed by atoms with Crippen molar-refractivity contribution >= 4 is 0 Å². The summed E-state index contributed by atoms with van der Waals surface area (Å²) in [5.74, 6) is 2.92. The fourth-order valence-electron chi connectivity index (χ4n) is 4.81. The van der Waals surface area contributed by atoms with E-state index in [0.717, 1.165) is 34.2 Å². The molecule has 0 bridgehead atoms. The van der Waals surface area contributed by atoms with E-state index in [-0.39, 0.29) is 20.1 Å². The van der Waals surface area contributed by atoms with E-state index in [1.165, 1.54) is 33.4 Å². The number of hydrogen-bond donors (Lipinski definition) is 0. The van der Waals surface area contributed by atoms with Gasteiger partial charge in [0.05, 0.1) is 17.5 Å². The Hall–Kier alpha value is -4.06. The minimum absolute atomic E-state index is 0. The Morgan fingerprint density at radius 3 is 0.907 bits per heavy atom. The van der Waals surface area contributed by atoms with Gasteiger partial charge in [0.2, 0.25) is 0 Å². The van der Waals surface area contributed by atoms with Crippen LogP contribution in [0.5, 0.6) is 0 Å². The summed E-state index contributed by atoms with van der Waals surface area (Å²) in [5, 5.41) is 0. The van der Waals surface area contributed by atoms with Crippen LogP contribution in [-0.4, -0.2) is 28.7 Å². The maximum Gasteiger partial charge on any atom is 3.00 e. The zero-order valence-electron chi connectivity index (χ0n) is 26.4. The van der Waals surface area contributed by atoms with Crippen molar-refractivity contribution in [3.8, 4) is 34.2 Å². The Labute approximate surface area is 269 Å². The fraction of sp³-hybridized carbons (Fsp3) is 0.250. The van der Waals surface area contributed by atoms with E-state index in [1.807, 2.05) is 90.2 Å². The van der Waals surface area contributed by atoms with Gasteiger partial charge in [-0.3, -0.25) is 15.0 Å². The van der Waals surface area contributed by atoms with Gasteiger partial charge in [0, 0.05) is 58.3 Å². The molecule has 0 spiro atoms. The molecule has 3 heterocycles. The van der Waals surface area contributed by atoms with Crippen LogP contribution < -0.4 is 0 Å². The van der Waals surface area contributed by atoms with E-state index >= 15 is 0 Å². The van der Waals surface area contributed by atoms with Crippen LogP contribution in [0.25, 0.3) is 34.2 Å². The number of aryl methyl sites for hydroxylation is 9. The summed E-state index contributed by atoms with van der Waals surface area (Å²) < 4.78 is 6.02. The van der Waals surface area contributed by atoms with Crippen LogP contribution in [0.2, 0.25) is 0 Å². The van der Waals surface area contributed by atoms with Gasteiger partial charge in [-0.2, -0.15) is 0 Å². The first kappa shape index (κ1) is 33.4. The second kappa shape index (κ2) is 14.9.